The Morgan fingerprint density at radius 2 is 2.10 bits per heavy atom. The van der Waals surface area contributed by atoms with Crippen LogP contribution >= 0.6 is 10.7 Å². The maximum Gasteiger partial charge on any atom is 0.264 e. The molecule has 0 atom stereocenters. The van der Waals surface area contributed by atoms with Gasteiger partial charge in [0, 0.05) is 28.5 Å². The minimum Gasteiger partial charge on any atom is -0.267 e. The summed E-state index contributed by atoms with van der Waals surface area (Å²) < 4.78 is 23.9. The lowest BCUT2D eigenvalue weighted by atomic mass is 10.1. The van der Waals surface area contributed by atoms with E-state index in [4.69, 9.17) is 10.7 Å². The number of aromatic nitrogens is 3. The fourth-order valence-electron chi connectivity index (χ4n) is 1.97. The first-order chi connectivity index (χ1) is 9.52. The normalized spacial score (nSPS) is 11.8. The molecule has 7 heteroatoms. The first-order valence-electron chi connectivity index (χ1n) is 5.83. The molecule has 3 rings (SSSR count). The first kappa shape index (κ1) is 13.1. The summed E-state index contributed by atoms with van der Waals surface area (Å²) in [4.78, 5) is 4.25. The zero-order valence-corrected chi connectivity index (χ0v) is 11.8. The number of benzene rings is 1. The van der Waals surface area contributed by atoms with E-state index in [-0.39, 0.29) is 4.90 Å². The number of hydrogen-bond donors (Lipinski definition) is 0. The predicted molar refractivity (Wildman–Crippen MR) is 76.1 cm³/mol. The van der Waals surface area contributed by atoms with Gasteiger partial charge in [0.25, 0.3) is 9.05 Å². The highest BCUT2D eigenvalue weighted by molar-refractivity contribution is 8.13. The van der Waals surface area contributed by atoms with Gasteiger partial charge >= 0.3 is 0 Å². The van der Waals surface area contributed by atoms with Crippen LogP contribution in [0.25, 0.3) is 10.9 Å². The summed E-state index contributed by atoms with van der Waals surface area (Å²) >= 11 is 0. The second kappa shape index (κ2) is 4.88. The van der Waals surface area contributed by atoms with Gasteiger partial charge in [-0.25, -0.2) is 8.42 Å². The van der Waals surface area contributed by atoms with Crippen LogP contribution in [0, 0.1) is 0 Å². The molecule has 0 fully saturated rings. The Hall–Kier alpha value is -1.92. The third-order valence-electron chi connectivity index (χ3n) is 2.90. The van der Waals surface area contributed by atoms with E-state index in [1.54, 1.807) is 6.20 Å². The lowest BCUT2D eigenvalue weighted by Crippen LogP contribution is -2.00. The van der Waals surface area contributed by atoms with E-state index >= 15 is 0 Å². The average Bonchev–Trinajstić information content (AvgIpc) is 2.87. The third-order valence-corrected chi connectivity index (χ3v) is 4.21. The number of rotatable bonds is 3. The van der Waals surface area contributed by atoms with E-state index in [2.05, 4.69) is 10.1 Å². The van der Waals surface area contributed by atoms with Gasteiger partial charge in [-0.1, -0.05) is 12.1 Å². The molecule has 0 spiro atoms. The van der Waals surface area contributed by atoms with Crippen molar-refractivity contribution >= 4 is 30.6 Å². The van der Waals surface area contributed by atoms with Crippen LogP contribution in [0.5, 0.6) is 0 Å². The minimum absolute atomic E-state index is 0.00150. The first-order valence-corrected chi connectivity index (χ1v) is 8.14. The van der Waals surface area contributed by atoms with Gasteiger partial charge in [0.15, 0.2) is 0 Å². The number of pyridine rings is 1. The molecule has 20 heavy (non-hydrogen) atoms. The Bertz CT molecular complexity index is 874. The quantitative estimate of drug-likeness (QED) is 0.697. The standard InChI is InChI=1S/C13H10ClN3O2S/c14-20(18,19)12-7-16-17(9-12)8-10-3-4-13-11(6-10)2-1-5-15-13/h1-7,9H,8H2. The van der Waals surface area contributed by atoms with Crippen molar-refractivity contribution in [2.24, 2.45) is 0 Å². The van der Waals surface area contributed by atoms with Crippen LogP contribution in [0.4, 0.5) is 0 Å². The molecule has 0 N–H and O–H groups in total. The van der Waals surface area contributed by atoms with Gasteiger partial charge in [-0.2, -0.15) is 5.10 Å². The van der Waals surface area contributed by atoms with Gasteiger partial charge in [-0.15, -0.1) is 0 Å². The van der Waals surface area contributed by atoms with E-state index in [1.807, 2.05) is 30.3 Å². The average molecular weight is 308 g/mol. The zero-order chi connectivity index (χ0) is 14.2. The molecular formula is C13H10ClN3O2S. The molecule has 0 aliphatic rings. The second-order valence-corrected chi connectivity index (χ2v) is 6.91. The van der Waals surface area contributed by atoms with Gasteiger partial charge in [0.2, 0.25) is 0 Å². The lowest BCUT2D eigenvalue weighted by Gasteiger charge is -2.03. The molecule has 2 aromatic heterocycles. The number of fused-ring (bicyclic) bond motifs is 1. The van der Waals surface area contributed by atoms with Crippen molar-refractivity contribution < 1.29 is 8.42 Å². The number of halogens is 1. The highest BCUT2D eigenvalue weighted by Crippen LogP contribution is 2.16. The molecule has 0 unspecified atom stereocenters. The van der Waals surface area contributed by atoms with Gasteiger partial charge in [0.05, 0.1) is 18.3 Å². The molecule has 0 saturated heterocycles. The third kappa shape index (κ3) is 2.66. The van der Waals surface area contributed by atoms with Crippen LogP contribution < -0.4 is 0 Å². The molecule has 0 aliphatic heterocycles. The van der Waals surface area contributed by atoms with Gasteiger partial charge in [-0.05, 0) is 23.8 Å². The molecule has 0 radical (unpaired) electrons. The van der Waals surface area contributed by atoms with Gasteiger partial charge < -0.3 is 0 Å². The van der Waals surface area contributed by atoms with Crippen molar-refractivity contribution in [2.75, 3.05) is 0 Å². The largest absolute Gasteiger partial charge is 0.267 e. The molecule has 0 saturated carbocycles. The van der Waals surface area contributed by atoms with E-state index in [9.17, 15) is 8.42 Å². The Balaban J connectivity index is 1.91. The van der Waals surface area contributed by atoms with Crippen molar-refractivity contribution in [1.29, 1.82) is 0 Å². The van der Waals surface area contributed by atoms with Gasteiger partial charge in [0.1, 0.15) is 4.90 Å². The monoisotopic (exact) mass is 307 g/mol. The van der Waals surface area contributed by atoms with E-state index in [0.717, 1.165) is 16.5 Å². The van der Waals surface area contributed by atoms with Gasteiger partial charge in [-0.3, -0.25) is 9.67 Å². The summed E-state index contributed by atoms with van der Waals surface area (Å²) in [5.74, 6) is 0. The fourth-order valence-corrected chi connectivity index (χ4v) is 2.63. The number of hydrogen-bond acceptors (Lipinski definition) is 4. The molecule has 2 heterocycles. The Kier molecular flexibility index (Phi) is 3.19. The van der Waals surface area contributed by atoms with E-state index in [0.29, 0.717) is 6.54 Å². The topological polar surface area (TPSA) is 64.8 Å². The molecule has 0 bridgehead atoms. The molecule has 1 aromatic carbocycles. The summed E-state index contributed by atoms with van der Waals surface area (Å²) in [6, 6.07) is 9.71. The Labute approximate surface area is 120 Å². The van der Waals surface area contributed by atoms with Crippen LogP contribution in [-0.4, -0.2) is 23.2 Å². The van der Waals surface area contributed by atoms with Crippen molar-refractivity contribution in [2.45, 2.75) is 11.4 Å². The summed E-state index contributed by atoms with van der Waals surface area (Å²) in [5.41, 5.74) is 1.92. The van der Waals surface area contributed by atoms with Crippen molar-refractivity contribution in [3.05, 3.63) is 54.5 Å². The molecule has 102 valence electrons. The smallest absolute Gasteiger partial charge is 0.264 e. The molecule has 0 aliphatic carbocycles. The van der Waals surface area contributed by atoms with Crippen LogP contribution in [0.3, 0.4) is 0 Å². The highest BCUT2D eigenvalue weighted by atomic mass is 35.7. The summed E-state index contributed by atoms with van der Waals surface area (Å²) in [6.45, 7) is 0.469. The predicted octanol–water partition coefficient (Wildman–Crippen LogP) is 2.41. The molecule has 5 nitrogen and oxygen atoms in total. The Morgan fingerprint density at radius 1 is 1.25 bits per heavy atom. The maximum absolute atomic E-state index is 11.2. The molecular weight excluding hydrogens is 298 g/mol. The van der Waals surface area contributed by atoms with E-state index in [1.165, 1.54) is 17.1 Å². The lowest BCUT2D eigenvalue weighted by molar-refractivity contribution is 0.609. The van der Waals surface area contributed by atoms with Crippen LogP contribution in [0.15, 0.2) is 53.8 Å². The van der Waals surface area contributed by atoms with Crippen molar-refractivity contribution in [3.63, 3.8) is 0 Å². The minimum atomic E-state index is -3.73. The van der Waals surface area contributed by atoms with Crippen molar-refractivity contribution in [3.8, 4) is 0 Å². The van der Waals surface area contributed by atoms with Crippen LogP contribution in [0.1, 0.15) is 5.56 Å². The summed E-state index contributed by atoms with van der Waals surface area (Å²) in [5, 5.41) is 5.03. The fraction of sp³-hybridized carbons (Fsp3) is 0.0769. The number of nitrogens with zero attached hydrogens (tertiary/aromatic N) is 3. The van der Waals surface area contributed by atoms with Crippen LogP contribution in [-0.2, 0) is 15.6 Å². The summed E-state index contributed by atoms with van der Waals surface area (Å²) in [7, 11) is 1.53. The SMILES string of the molecule is O=S(=O)(Cl)c1cnn(Cc2ccc3ncccc3c2)c1. The maximum atomic E-state index is 11.2. The molecule has 3 aromatic rings. The Morgan fingerprint density at radius 3 is 2.85 bits per heavy atom. The highest BCUT2D eigenvalue weighted by Gasteiger charge is 2.12. The van der Waals surface area contributed by atoms with E-state index < -0.39 is 9.05 Å². The van der Waals surface area contributed by atoms with Crippen molar-refractivity contribution in [1.82, 2.24) is 14.8 Å². The zero-order valence-electron chi connectivity index (χ0n) is 10.3. The van der Waals surface area contributed by atoms with Crippen LogP contribution in [0.2, 0.25) is 0 Å². The summed E-state index contributed by atoms with van der Waals surface area (Å²) in [6.07, 6.45) is 4.40. The molecule has 0 amide bonds. The second-order valence-electron chi connectivity index (χ2n) is 4.34.